The van der Waals surface area contributed by atoms with Crippen molar-refractivity contribution in [2.75, 3.05) is 13.1 Å². The van der Waals surface area contributed by atoms with Gasteiger partial charge < -0.3 is 10.0 Å². The van der Waals surface area contributed by atoms with Crippen LogP contribution < -0.4 is 0 Å². The van der Waals surface area contributed by atoms with Crippen molar-refractivity contribution in [3.63, 3.8) is 0 Å². The van der Waals surface area contributed by atoms with Crippen LogP contribution in [0.5, 0.6) is 0 Å². The highest BCUT2D eigenvalue weighted by Gasteiger charge is 2.28. The maximum atomic E-state index is 12.5. The fourth-order valence-corrected chi connectivity index (χ4v) is 3.38. The van der Waals surface area contributed by atoms with Crippen molar-refractivity contribution in [2.24, 2.45) is 5.92 Å². The van der Waals surface area contributed by atoms with Crippen LogP contribution in [-0.2, 0) is 4.79 Å². The Labute approximate surface area is 131 Å². The second kappa shape index (κ2) is 6.23. The molecule has 1 aliphatic rings. The maximum absolute atomic E-state index is 12.5. The van der Waals surface area contributed by atoms with Crippen molar-refractivity contribution < 1.29 is 14.7 Å². The van der Waals surface area contributed by atoms with Gasteiger partial charge in [-0.3, -0.25) is 14.6 Å². The smallest absolute Gasteiger partial charge is 0.306 e. The maximum Gasteiger partial charge on any atom is 0.306 e. The van der Waals surface area contributed by atoms with E-state index in [9.17, 15) is 9.59 Å². The molecule has 3 rings (SSSR count). The van der Waals surface area contributed by atoms with Crippen molar-refractivity contribution >= 4 is 23.2 Å². The van der Waals surface area contributed by atoms with Crippen LogP contribution in [0.25, 0.3) is 10.6 Å². The number of carboxylic acid groups (broad SMARTS) is 1. The van der Waals surface area contributed by atoms with E-state index in [0.29, 0.717) is 30.8 Å². The first-order chi connectivity index (χ1) is 10.6. The molecule has 3 heterocycles. The standard InChI is InChI=1S/C15H15N3O3S/c19-14(18-7-3-11(4-8-18)15(20)21)12-9-17-13(22-12)10-1-5-16-6-2-10/h1-2,5-6,9,11H,3-4,7-8H2,(H,20,21). The molecular weight excluding hydrogens is 302 g/mol. The summed E-state index contributed by atoms with van der Waals surface area (Å²) in [5, 5.41) is 9.78. The van der Waals surface area contributed by atoms with Gasteiger partial charge in [-0.1, -0.05) is 0 Å². The molecule has 2 aromatic rings. The van der Waals surface area contributed by atoms with E-state index in [-0.39, 0.29) is 11.8 Å². The van der Waals surface area contributed by atoms with Crippen molar-refractivity contribution in [2.45, 2.75) is 12.8 Å². The monoisotopic (exact) mass is 317 g/mol. The molecule has 7 heteroatoms. The quantitative estimate of drug-likeness (QED) is 0.937. The molecule has 0 spiro atoms. The van der Waals surface area contributed by atoms with Crippen molar-refractivity contribution in [3.8, 4) is 10.6 Å². The summed E-state index contributed by atoms with van der Waals surface area (Å²) < 4.78 is 0. The Bertz CT molecular complexity index is 678. The number of hydrogen-bond acceptors (Lipinski definition) is 5. The lowest BCUT2D eigenvalue weighted by Gasteiger charge is -2.29. The van der Waals surface area contributed by atoms with Gasteiger partial charge in [-0.05, 0) is 25.0 Å². The Hall–Kier alpha value is -2.28. The lowest BCUT2D eigenvalue weighted by atomic mass is 9.97. The highest BCUT2D eigenvalue weighted by Crippen LogP contribution is 2.26. The van der Waals surface area contributed by atoms with Crippen molar-refractivity contribution in [3.05, 3.63) is 35.6 Å². The number of amides is 1. The van der Waals surface area contributed by atoms with E-state index in [1.165, 1.54) is 11.3 Å². The van der Waals surface area contributed by atoms with Crippen molar-refractivity contribution in [1.82, 2.24) is 14.9 Å². The average Bonchev–Trinajstić information content (AvgIpc) is 3.05. The number of nitrogens with zero attached hydrogens (tertiary/aromatic N) is 3. The van der Waals surface area contributed by atoms with E-state index in [4.69, 9.17) is 5.11 Å². The molecule has 6 nitrogen and oxygen atoms in total. The second-order valence-electron chi connectivity index (χ2n) is 5.17. The Morgan fingerprint density at radius 1 is 1.23 bits per heavy atom. The van der Waals surface area contributed by atoms with E-state index >= 15 is 0 Å². The fraction of sp³-hybridized carbons (Fsp3) is 0.333. The number of carbonyl (C=O) groups excluding carboxylic acids is 1. The average molecular weight is 317 g/mol. The van der Waals surface area contributed by atoms with Gasteiger partial charge >= 0.3 is 5.97 Å². The molecule has 22 heavy (non-hydrogen) atoms. The number of thiazole rings is 1. The zero-order chi connectivity index (χ0) is 15.5. The molecule has 0 unspecified atom stereocenters. The third-order valence-electron chi connectivity index (χ3n) is 3.78. The van der Waals surface area contributed by atoms with Crippen LogP contribution in [0.15, 0.2) is 30.7 Å². The molecule has 0 saturated carbocycles. The number of rotatable bonds is 3. The van der Waals surface area contributed by atoms with Crippen LogP contribution >= 0.6 is 11.3 Å². The third-order valence-corrected chi connectivity index (χ3v) is 4.81. The Morgan fingerprint density at radius 3 is 2.55 bits per heavy atom. The molecule has 0 atom stereocenters. The highest BCUT2D eigenvalue weighted by atomic mass is 32.1. The Kier molecular flexibility index (Phi) is 4.15. The van der Waals surface area contributed by atoms with Crippen LogP contribution in [0.2, 0.25) is 0 Å². The minimum absolute atomic E-state index is 0.0679. The number of pyridine rings is 1. The van der Waals surface area contributed by atoms with E-state index in [1.54, 1.807) is 23.5 Å². The predicted octanol–water partition coefficient (Wildman–Crippen LogP) is 2.14. The fourth-order valence-electron chi connectivity index (χ4n) is 2.49. The number of carboxylic acids is 1. The SMILES string of the molecule is O=C(O)C1CCN(C(=O)c2cnc(-c3ccncc3)s2)CC1. The van der Waals surface area contributed by atoms with E-state index in [2.05, 4.69) is 9.97 Å². The van der Waals surface area contributed by atoms with Gasteiger partial charge in [0.05, 0.1) is 12.1 Å². The lowest BCUT2D eigenvalue weighted by molar-refractivity contribution is -0.143. The molecular formula is C15H15N3O3S. The summed E-state index contributed by atoms with van der Waals surface area (Å²) in [5.74, 6) is -1.18. The molecule has 1 fully saturated rings. The number of aromatic nitrogens is 2. The van der Waals surface area contributed by atoms with Gasteiger partial charge in [0.25, 0.3) is 5.91 Å². The van der Waals surface area contributed by atoms with Gasteiger partial charge in [0.1, 0.15) is 9.88 Å². The minimum Gasteiger partial charge on any atom is -0.481 e. The first-order valence-corrected chi connectivity index (χ1v) is 7.85. The van der Waals surface area contributed by atoms with Gasteiger partial charge in [0.15, 0.2) is 0 Å². The summed E-state index contributed by atoms with van der Waals surface area (Å²) in [7, 11) is 0. The van der Waals surface area contributed by atoms with Crippen LogP contribution in [0.3, 0.4) is 0 Å². The van der Waals surface area contributed by atoms with E-state index in [0.717, 1.165) is 10.6 Å². The summed E-state index contributed by atoms with van der Waals surface area (Å²) in [6.45, 7) is 0.969. The van der Waals surface area contributed by atoms with E-state index < -0.39 is 5.97 Å². The summed E-state index contributed by atoms with van der Waals surface area (Å²) in [5.41, 5.74) is 0.934. The largest absolute Gasteiger partial charge is 0.481 e. The first-order valence-electron chi connectivity index (χ1n) is 7.03. The van der Waals surface area contributed by atoms with Crippen LogP contribution in [-0.4, -0.2) is 44.9 Å². The summed E-state index contributed by atoms with van der Waals surface area (Å²) >= 11 is 1.35. The molecule has 1 aliphatic heterocycles. The summed E-state index contributed by atoms with van der Waals surface area (Å²) in [4.78, 5) is 34.0. The number of piperidine rings is 1. The van der Waals surface area contributed by atoms with Crippen LogP contribution in [0.4, 0.5) is 0 Å². The predicted molar refractivity (Wildman–Crippen MR) is 81.6 cm³/mol. The molecule has 1 N–H and O–H groups in total. The number of aliphatic carboxylic acids is 1. The molecule has 0 radical (unpaired) electrons. The molecule has 0 aromatic carbocycles. The lowest BCUT2D eigenvalue weighted by Crippen LogP contribution is -2.39. The molecule has 2 aromatic heterocycles. The van der Waals surface area contributed by atoms with Gasteiger partial charge in [0.2, 0.25) is 0 Å². The second-order valence-corrected chi connectivity index (χ2v) is 6.20. The van der Waals surface area contributed by atoms with Crippen molar-refractivity contribution in [1.29, 1.82) is 0 Å². The molecule has 0 bridgehead atoms. The van der Waals surface area contributed by atoms with Gasteiger partial charge in [-0.2, -0.15) is 0 Å². The summed E-state index contributed by atoms with van der Waals surface area (Å²) in [6, 6.07) is 3.71. The molecule has 1 saturated heterocycles. The van der Waals surface area contributed by atoms with Gasteiger partial charge in [0, 0.05) is 31.0 Å². The Morgan fingerprint density at radius 2 is 1.91 bits per heavy atom. The number of carbonyl (C=O) groups is 2. The molecule has 1 amide bonds. The number of likely N-dealkylation sites (tertiary alicyclic amines) is 1. The zero-order valence-electron chi connectivity index (χ0n) is 11.8. The third kappa shape index (κ3) is 2.99. The van der Waals surface area contributed by atoms with Crippen LogP contribution in [0, 0.1) is 5.92 Å². The number of hydrogen-bond donors (Lipinski definition) is 1. The minimum atomic E-state index is -0.773. The zero-order valence-corrected chi connectivity index (χ0v) is 12.6. The Balaban J connectivity index is 1.69. The summed E-state index contributed by atoms with van der Waals surface area (Å²) in [6.07, 6.45) is 5.99. The topological polar surface area (TPSA) is 83.4 Å². The van der Waals surface area contributed by atoms with E-state index in [1.807, 2.05) is 12.1 Å². The molecule has 114 valence electrons. The normalized spacial score (nSPS) is 15.7. The molecule has 0 aliphatic carbocycles. The van der Waals surface area contributed by atoms with Crippen LogP contribution in [0.1, 0.15) is 22.5 Å². The first kappa shape index (κ1) is 14.6. The van der Waals surface area contributed by atoms with Gasteiger partial charge in [-0.25, -0.2) is 4.98 Å². The highest BCUT2D eigenvalue weighted by molar-refractivity contribution is 7.16. The van der Waals surface area contributed by atoms with Gasteiger partial charge in [-0.15, -0.1) is 11.3 Å².